The summed E-state index contributed by atoms with van der Waals surface area (Å²) < 4.78 is 7.65. The van der Waals surface area contributed by atoms with Crippen LogP contribution in [0.5, 0.6) is 5.75 Å². The fourth-order valence-corrected chi connectivity index (χ4v) is 7.01. The second-order valence-electron chi connectivity index (χ2n) is 10.7. The summed E-state index contributed by atoms with van der Waals surface area (Å²) in [6.45, 7) is 8.38. The number of methoxy groups -OCH3 is 1. The lowest BCUT2D eigenvalue weighted by Gasteiger charge is -2.29. The molecule has 1 saturated heterocycles. The van der Waals surface area contributed by atoms with Crippen molar-refractivity contribution >= 4 is 34.7 Å². The third-order valence-corrected chi connectivity index (χ3v) is 9.17. The van der Waals surface area contributed by atoms with Gasteiger partial charge >= 0.3 is 0 Å². The van der Waals surface area contributed by atoms with Crippen LogP contribution in [0.2, 0.25) is 0 Å². The molecule has 11 heteroatoms. The van der Waals surface area contributed by atoms with Crippen molar-refractivity contribution in [3.05, 3.63) is 94.7 Å². The van der Waals surface area contributed by atoms with Crippen molar-refractivity contribution in [2.24, 2.45) is 4.99 Å². The smallest absolute Gasteiger partial charge is 0.271 e. The number of para-hydroxylation sites is 1. The van der Waals surface area contributed by atoms with Gasteiger partial charge in [-0.25, -0.2) is 4.99 Å². The lowest BCUT2D eigenvalue weighted by Crippen LogP contribution is -2.43. The zero-order valence-corrected chi connectivity index (χ0v) is 25.9. The zero-order valence-electron chi connectivity index (χ0n) is 25.0. The standard InChI is InChI=1S/C32H37N5O5S/c1-5-34(6-2)31(39)28-21(3)33-32-36(29(28)24-13-9-10-14-26(24)42-4)30(38)27(43-32)20-22-19-23(37(40)41)15-16-25(22)35-17-11-7-8-12-18-35/h9-10,13-16,19-20,29H,5-8,11-12,17-18H2,1-4H3/b27-20-/t29-/m0/s1. The van der Waals surface area contributed by atoms with Crippen molar-refractivity contribution < 1.29 is 14.5 Å². The number of ether oxygens (including phenoxy) is 1. The predicted octanol–water partition coefficient (Wildman–Crippen LogP) is 4.40. The van der Waals surface area contributed by atoms with Gasteiger partial charge in [0.05, 0.1) is 27.8 Å². The highest BCUT2D eigenvalue weighted by atomic mass is 32.1. The molecule has 0 unspecified atom stereocenters. The predicted molar refractivity (Wildman–Crippen MR) is 168 cm³/mol. The SMILES string of the molecule is CCN(CC)C(=O)C1=C(C)N=c2s/c(=C\c3cc([N+](=O)[O-])ccc3N3CCCCCC3)c(=O)n2[C@H]1c1ccccc1OC. The number of nitro benzene ring substituents is 1. The summed E-state index contributed by atoms with van der Waals surface area (Å²) in [5.41, 5.74) is 2.79. The molecule has 2 aliphatic heterocycles. The summed E-state index contributed by atoms with van der Waals surface area (Å²) in [4.78, 5) is 48.7. The van der Waals surface area contributed by atoms with Crippen LogP contribution in [0.1, 0.15) is 63.6 Å². The number of rotatable bonds is 8. The largest absolute Gasteiger partial charge is 0.496 e. The van der Waals surface area contributed by atoms with Gasteiger partial charge in [-0.15, -0.1) is 0 Å². The molecule has 3 heterocycles. The first kappa shape index (κ1) is 30.2. The number of amides is 1. The summed E-state index contributed by atoms with van der Waals surface area (Å²) in [6, 6.07) is 11.5. The first-order valence-electron chi connectivity index (χ1n) is 14.8. The van der Waals surface area contributed by atoms with Crippen LogP contribution in [-0.2, 0) is 4.79 Å². The van der Waals surface area contributed by atoms with E-state index in [0.29, 0.717) is 50.6 Å². The number of hydrogen-bond acceptors (Lipinski definition) is 8. The van der Waals surface area contributed by atoms with E-state index in [1.807, 2.05) is 38.1 Å². The van der Waals surface area contributed by atoms with Crippen LogP contribution in [0.25, 0.3) is 6.08 Å². The highest BCUT2D eigenvalue weighted by molar-refractivity contribution is 7.07. The Kier molecular flexibility index (Phi) is 9.10. The van der Waals surface area contributed by atoms with Gasteiger partial charge in [0.1, 0.15) is 11.8 Å². The van der Waals surface area contributed by atoms with Crippen LogP contribution >= 0.6 is 11.3 Å². The van der Waals surface area contributed by atoms with Crippen molar-refractivity contribution in [1.29, 1.82) is 0 Å². The summed E-state index contributed by atoms with van der Waals surface area (Å²) in [7, 11) is 1.57. The van der Waals surface area contributed by atoms with E-state index in [1.54, 1.807) is 35.6 Å². The molecule has 0 radical (unpaired) electrons. The Labute approximate surface area is 254 Å². The molecule has 1 fully saturated rings. The van der Waals surface area contributed by atoms with Gasteiger partial charge in [-0.1, -0.05) is 42.4 Å². The van der Waals surface area contributed by atoms with Crippen molar-refractivity contribution in [3.63, 3.8) is 0 Å². The molecule has 0 N–H and O–H groups in total. The fraction of sp³-hybridized carbons (Fsp3) is 0.406. The Morgan fingerprint density at radius 3 is 2.49 bits per heavy atom. The number of nitrogens with zero attached hydrogens (tertiary/aromatic N) is 5. The minimum atomic E-state index is -0.752. The Hall–Kier alpha value is -4.25. The molecule has 1 atom stereocenters. The van der Waals surface area contributed by atoms with E-state index in [4.69, 9.17) is 9.73 Å². The van der Waals surface area contributed by atoms with Crippen molar-refractivity contribution in [2.75, 3.05) is 38.2 Å². The van der Waals surface area contributed by atoms with Crippen LogP contribution < -0.4 is 24.5 Å². The third kappa shape index (κ3) is 5.86. The van der Waals surface area contributed by atoms with E-state index in [2.05, 4.69) is 4.90 Å². The molecule has 5 rings (SSSR count). The number of likely N-dealkylation sites (N-methyl/N-ethyl adjacent to an activating group) is 1. The molecular weight excluding hydrogens is 566 g/mol. The Bertz CT molecular complexity index is 1750. The molecule has 0 aliphatic carbocycles. The quantitative estimate of drug-likeness (QED) is 0.279. The van der Waals surface area contributed by atoms with E-state index in [9.17, 15) is 19.7 Å². The number of anilines is 1. The lowest BCUT2D eigenvalue weighted by molar-refractivity contribution is -0.384. The molecular formula is C32H37N5O5S. The van der Waals surface area contributed by atoms with Gasteiger partial charge in [-0.3, -0.25) is 24.3 Å². The first-order chi connectivity index (χ1) is 20.8. The zero-order chi connectivity index (χ0) is 30.7. The number of non-ortho nitro benzene ring substituents is 1. The van der Waals surface area contributed by atoms with E-state index in [-0.39, 0.29) is 17.2 Å². The highest BCUT2D eigenvalue weighted by Gasteiger charge is 2.35. The molecule has 3 aromatic rings. The average Bonchev–Trinajstić information content (AvgIpc) is 3.16. The average molecular weight is 604 g/mol. The molecule has 2 aliphatic rings. The van der Waals surface area contributed by atoms with Gasteiger partial charge in [-0.05, 0) is 51.8 Å². The van der Waals surface area contributed by atoms with Crippen molar-refractivity contribution in [3.8, 4) is 5.75 Å². The van der Waals surface area contributed by atoms with Gasteiger partial charge in [0, 0.05) is 55.1 Å². The van der Waals surface area contributed by atoms with E-state index in [0.717, 1.165) is 44.5 Å². The molecule has 43 heavy (non-hydrogen) atoms. The maximum absolute atomic E-state index is 14.3. The number of fused-ring (bicyclic) bond motifs is 1. The molecule has 1 aromatic heterocycles. The van der Waals surface area contributed by atoms with Gasteiger partial charge < -0.3 is 14.5 Å². The summed E-state index contributed by atoms with van der Waals surface area (Å²) >= 11 is 1.22. The minimum Gasteiger partial charge on any atom is -0.496 e. The third-order valence-electron chi connectivity index (χ3n) is 8.19. The fourth-order valence-electron chi connectivity index (χ4n) is 5.97. The van der Waals surface area contributed by atoms with Crippen LogP contribution in [0.15, 0.2) is 63.5 Å². The topological polar surface area (TPSA) is 110 Å². The first-order valence-corrected chi connectivity index (χ1v) is 15.6. The van der Waals surface area contributed by atoms with Crippen molar-refractivity contribution in [1.82, 2.24) is 9.47 Å². The number of nitro groups is 1. The monoisotopic (exact) mass is 603 g/mol. The van der Waals surface area contributed by atoms with E-state index < -0.39 is 11.0 Å². The second kappa shape index (κ2) is 12.9. The number of aromatic nitrogens is 1. The number of carbonyl (C=O) groups excluding carboxylic acids is 1. The van der Waals surface area contributed by atoms with E-state index >= 15 is 0 Å². The molecule has 10 nitrogen and oxygen atoms in total. The maximum atomic E-state index is 14.3. The highest BCUT2D eigenvalue weighted by Crippen LogP contribution is 2.36. The van der Waals surface area contributed by atoms with E-state index in [1.165, 1.54) is 23.5 Å². The molecule has 226 valence electrons. The van der Waals surface area contributed by atoms with Crippen LogP contribution in [0.3, 0.4) is 0 Å². The molecule has 0 bridgehead atoms. The molecule has 2 aromatic carbocycles. The summed E-state index contributed by atoms with van der Waals surface area (Å²) in [5.74, 6) is 0.377. The second-order valence-corrected chi connectivity index (χ2v) is 11.7. The number of allylic oxidation sites excluding steroid dienone is 1. The van der Waals surface area contributed by atoms with Gasteiger partial charge in [0.15, 0.2) is 4.80 Å². The number of carbonyl (C=O) groups is 1. The summed E-state index contributed by atoms with van der Waals surface area (Å²) in [6.07, 6.45) is 6.12. The maximum Gasteiger partial charge on any atom is 0.271 e. The van der Waals surface area contributed by atoms with Gasteiger partial charge in [0.25, 0.3) is 17.2 Å². The lowest BCUT2D eigenvalue weighted by atomic mass is 9.94. The van der Waals surface area contributed by atoms with Crippen LogP contribution in [0, 0.1) is 10.1 Å². The Balaban J connectivity index is 1.74. The Morgan fingerprint density at radius 2 is 1.84 bits per heavy atom. The number of thiazole rings is 1. The number of hydrogen-bond donors (Lipinski definition) is 0. The summed E-state index contributed by atoms with van der Waals surface area (Å²) in [5, 5.41) is 11.7. The van der Waals surface area contributed by atoms with Gasteiger partial charge in [0.2, 0.25) is 0 Å². The normalized spacial score (nSPS) is 17.3. The minimum absolute atomic E-state index is 0.0348. The Morgan fingerprint density at radius 1 is 1.14 bits per heavy atom. The molecule has 0 spiro atoms. The molecule has 0 saturated carbocycles. The van der Waals surface area contributed by atoms with Crippen molar-refractivity contribution in [2.45, 2.75) is 52.5 Å². The van der Waals surface area contributed by atoms with Gasteiger partial charge in [-0.2, -0.15) is 0 Å². The van der Waals surface area contributed by atoms with Crippen LogP contribution in [0.4, 0.5) is 11.4 Å². The van der Waals surface area contributed by atoms with Crippen LogP contribution in [-0.4, -0.2) is 53.6 Å². The number of benzene rings is 2. The molecule has 1 amide bonds.